The summed E-state index contributed by atoms with van der Waals surface area (Å²) in [4.78, 5) is 14.1. The summed E-state index contributed by atoms with van der Waals surface area (Å²) in [6.45, 7) is 6.77. The van der Waals surface area contributed by atoms with Crippen LogP contribution in [0.25, 0.3) is 0 Å². The number of carbonyl (C=O) groups is 1. The van der Waals surface area contributed by atoms with E-state index in [-0.39, 0.29) is 18.5 Å². The molecule has 2 unspecified atom stereocenters. The summed E-state index contributed by atoms with van der Waals surface area (Å²) in [6, 6.07) is -0.00971. The van der Waals surface area contributed by atoms with Gasteiger partial charge in [0.05, 0.1) is 11.6 Å². The number of rotatable bonds is 0. The van der Waals surface area contributed by atoms with Crippen molar-refractivity contribution in [2.45, 2.75) is 44.9 Å². The van der Waals surface area contributed by atoms with Crippen LogP contribution < -0.4 is 5.32 Å². The number of esters is 1. The van der Waals surface area contributed by atoms with Crippen LogP contribution in [0.1, 0.15) is 27.2 Å². The number of nitrogens with one attached hydrogen (secondary N) is 1. The van der Waals surface area contributed by atoms with Crippen LogP contribution >= 0.6 is 0 Å². The van der Waals surface area contributed by atoms with Gasteiger partial charge in [0.2, 0.25) is 0 Å². The Hall–Kier alpha value is -2.60. The van der Waals surface area contributed by atoms with Gasteiger partial charge in [0.15, 0.2) is 6.10 Å². The monoisotopic (exact) mass is 384 g/mol. The highest BCUT2D eigenvalue weighted by Gasteiger charge is 2.48. The smallest absolute Gasteiger partial charge is 0.339 e. The Kier molecular flexibility index (Phi) is 4.54. The first-order valence-corrected chi connectivity index (χ1v) is 9.55. The largest absolute Gasteiger partial charge is 0.459 e. The molecule has 148 valence electrons. The number of nitrogens with zero attached hydrogens (tertiary/aromatic N) is 1. The predicted molar refractivity (Wildman–Crippen MR) is 105 cm³/mol. The molecule has 4 aliphatic heterocycles. The van der Waals surface area contributed by atoms with Gasteiger partial charge >= 0.3 is 5.97 Å². The highest BCUT2D eigenvalue weighted by atomic mass is 19.1. The Morgan fingerprint density at radius 1 is 1.43 bits per heavy atom. The molecule has 0 aliphatic carbocycles. The highest BCUT2D eigenvalue weighted by molar-refractivity contribution is 5.81. The second kappa shape index (κ2) is 6.78. The Bertz CT molecular complexity index is 909. The molecule has 4 aliphatic rings. The fourth-order valence-electron chi connectivity index (χ4n) is 4.27. The quantitative estimate of drug-likeness (QED) is 0.629. The minimum absolute atomic E-state index is 0.00971. The molecule has 4 heterocycles. The number of aliphatic hydroxyl groups is 1. The van der Waals surface area contributed by atoms with Crippen molar-refractivity contribution in [3.05, 3.63) is 70.4 Å². The second-order valence-corrected chi connectivity index (χ2v) is 7.88. The fraction of sp³-hybridized carbons (Fsp3) is 0.409. The lowest BCUT2D eigenvalue weighted by molar-refractivity contribution is -0.152. The molecule has 5 nitrogen and oxygen atoms in total. The zero-order valence-electron chi connectivity index (χ0n) is 16.3. The number of carbonyl (C=O) groups excluding carboxylic acids is 1. The van der Waals surface area contributed by atoms with E-state index >= 15 is 0 Å². The maximum Gasteiger partial charge on any atom is 0.339 e. The number of allylic oxidation sites excluding steroid dienone is 6. The van der Waals surface area contributed by atoms with Crippen molar-refractivity contribution in [2.75, 3.05) is 13.2 Å². The highest BCUT2D eigenvalue weighted by Crippen LogP contribution is 2.44. The van der Waals surface area contributed by atoms with Crippen molar-refractivity contribution in [2.24, 2.45) is 0 Å². The summed E-state index contributed by atoms with van der Waals surface area (Å²) >= 11 is 0. The summed E-state index contributed by atoms with van der Waals surface area (Å²) in [5.74, 6) is -0.864. The molecule has 28 heavy (non-hydrogen) atoms. The molecular weight excluding hydrogens is 359 g/mol. The first kappa shape index (κ1) is 18.7. The molecule has 3 atom stereocenters. The number of cyclic esters (lactones) is 1. The van der Waals surface area contributed by atoms with Crippen molar-refractivity contribution >= 4 is 5.97 Å². The maximum absolute atomic E-state index is 14.2. The molecule has 0 saturated carbocycles. The molecule has 0 aromatic rings. The maximum atomic E-state index is 14.2. The molecule has 0 spiro atoms. The van der Waals surface area contributed by atoms with Gasteiger partial charge in [0.1, 0.15) is 12.4 Å². The van der Waals surface area contributed by atoms with E-state index in [4.69, 9.17) is 4.74 Å². The molecule has 0 aromatic heterocycles. The van der Waals surface area contributed by atoms with Crippen molar-refractivity contribution < 1.29 is 19.0 Å². The zero-order valence-corrected chi connectivity index (χ0v) is 16.3. The van der Waals surface area contributed by atoms with E-state index in [1.54, 1.807) is 13.1 Å². The second-order valence-electron chi connectivity index (χ2n) is 7.88. The van der Waals surface area contributed by atoms with Crippen LogP contribution in [0, 0.1) is 0 Å². The topological polar surface area (TPSA) is 61.8 Å². The van der Waals surface area contributed by atoms with Crippen LogP contribution in [0.3, 0.4) is 0 Å². The summed E-state index contributed by atoms with van der Waals surface area (Å²) in [6.07, 6.45) is 10.3. The number of halogens is 1. The van der Waals surface area contributed by atoms with Crippen molar-refractivity contribution in [3.8, 4) is 0 Å². The third-order valence-corrected chi connectivity index (χ3v) is 6.19. The van der Waals surface area contributed by atoms with Crippen LogP contribution in [0.15, 0.2) is 70.4 Å². The Labute approximate surface area is 164 Å². The Balaban J connectivity index is 1.80. The van der Waals surface area contributed by atoms with Crippen molar-refractivity contribution in [1.29, 1.82) is 0 Å². The van der Waals surface area contributed by atoms with E-state index in [0.717, 1.165) is 16.8 Å². The standard InChI is InChI=1S/C22H25FN2O3/c1-13-6-4-5-7-15-11-25-14(2)17-12-28-21(27)20(26)16(17)10-19(25)22(15,3)24-9-8-18(13)23/h4-5,7-10,14,20,24,26H,6,11-12H2,1-3H3/b5-4+,9-8+,15-7-,18-13+/t14?,20?,22-/m0/s1. The molecule has 1 fully saturated rings. The van der Waals surface area contributed by atoms with E-state index in [1.165, 1.54) is 6.08 Å². The number of ether oxygens (including phenoxy) is 1. The SMILES string of the molecule is C/C1=C(F)/C=C/N[C@]2(C)C3=CC4=C(COC(=O)C4O)C(C)N3C/C2=C/C=C/C1. The van der Waals surface area contributed by atoms with Gasteiger partial charge in [0, 0.05) is 18.4 Å². The third kappa shape index (κ3) is 2.83. The van der Waals surface area contributed by atoms with Crippen LogP contribution in [-0.2, 0) is 9.53 Å². The summed E-state index contributed by atoms with van der Waals surface area (Å²) in [5, 5.41) is 13.7. The molecular formula is C22H25FN2O3. The van der Waals surface area contributed by atoms with Crippen molar-refractivity contribution in [3.63, 3.8) is 0 Å². The average molecular weight is 384 g/mol. The van der Waals surface area contributed by atoms with Crippen LogP contribution in [0.2, 0.25) is 0 Å². The lowest BCUT2D eigenvalue weighted by Crippen LogP contribution is -2.47. The van der Waals surface area contributed by atoms with Crippen molar-refractivity contribution in [1.82, 2.24) is 10.2 Å². The van der Waals surface area contributed by atoms with Gasteiger partial charge in [-0.2, -0.15) is 0 Å². The summed E-state index contributed by atoms with van der Waals surface area (Å²) in [5.41, 5.74) is 3.74. The van der Waals surface area contributed by atoms with E-state index in [0.29, 0.717) is 24.1 Å². The molecule has 4 rings (SSSR count). The van der Waals surface area contributed by atoms with Gasteiger partial charge in [-0.1, -0.05) is 18.2 Å². The molecule has 0 bridgehead atoms. The van der Waals surface area contributed by atoms with Gasteiger partial charge in [-0.25, -0.2) is 9.18 Å². The van der Waals surface area contributed by atoms with Gasteiger partial charge in [-0.05, 0) is 61.6 Å². The normalized spacial score (nSPS) is 39.3. The predicted octanol–water partition coefficient (Wildman–Crippen LogP) is 2.79. The molecule has 2 N–H and O–H groups in total. The Morgan fingerprint density at radius 3 is 3.00 bits per heavy atom. The van der Waals surface area contributed by atoms with E-state index in [1.807, 2.05) is 25.2 Å². The van der Waals surface area contributed by atoms with Gasteiger partial charge in [-0.3, -0.25) is 0 Å². The molecule has 1 saturated heterocycles. The van der Waals surface area contributed by atoms with Crippen LogP contribution in [0.4, 0.5) is 4.39 Å². The van der Waals surface area contributed by atoms with Gasteiger partial charge in [0.25, 0.3) is 0 Å². The molecule has 0 radical (unpaired) electrons. The van der Waals surface area contributed by atoms with E-state index in [2.05, 4.69) is 23.2 Å². The third-order valence-electron chi connectivity index (χ3n) is 6.19. The summed E-state index contributed by atoms with van der Waals surface area (Å²) in [7, 11) is 0. The van der Waals surface area contributed by atoms with E-state index in [9.17, 15) is 14.3 Å². The first-order valence-electron chi connectivity index (χ1n) is 9.55. The van der Waals surface area contributed by atoms with Gasteiger partial charge < -0.3 is 20.1 Å². The van der Waals surface area contributed by atoms with E-state index < -0.39 is 17.6 Å². The first-order chi connectivity index (χ1) is 13.3. The van der Waals surface area contributed by atoms with Crippen LogP contribution in [-0.4, -0.2) is 46.8 Å². The lowest BCUT2D eigenvalue weighted by atomic mass is 9.85. The number of fused-ring (bicyclic) bond motifs is 3. The number of hydrogen-bond acceptors (Lipinski definition) is 5. The minimum Gasteiger partial charge on any atom is -0.459 e. The number of hydrogen-bond donors (Lipinski definition) is 2. The van der Waals surface area contributed by atoms with Crippen LogP contribution in [0.5, 0.6) is 0 Å². The molecule has 6 heteroatoms. The minimum atomic E-state index is -1.27. The molecule has 0 amide bonds. The lowest BCUT2D eigenvalue weighted by Gasteiger charge is -2.40. The van der Waals surface area contributed by atoms with Gasteiger partial charge in [-0.15, -0.1) is 0 Å². The summed E-state index contributed by atoms with van der Waals surface area (Å²) < 4.78 is 19.4. The average Bonchev–Trinajstić information content (AvgIpc) is 2.93. The fourth-order valence-corrected chi connectivity index (χ4v) is 4.27. The zero-order chi connectivity index (χ0) is 20.1. The molecule has 0 aromatic carbocycles. The Morgan fingerprint density at radius 2 is 2.21 bits per heavy atom. The number of aliphatic hydroxyl groups excluding tert-OH is 1.